The zero-order chi connectivity index (χ0) is 20.2. The molecule has 0 bridgehead atoms. The van der Waals surface area contributed by atoms with Crippen molar-refractivity contribution in [1.82, 2.24) is 9.97 Å². The van der Waals surface area contributed by atoms with E-state index in [1.165, 1.54) is 0 Å². The minimum Gasteiger partial charge on any atom is -0.497 e. The molecule has 0 spiro atoms. The van der Waals surface area contributed by atoms with Crippen LogP contribution >= 0.6 is 11.6 Å². The van der Waals surface area contributed by atoms with Crippen LogP contribution in [0.4, 0.5) is 28.7 Å². The third kappa shape index (κ3) is 4.30. The van der Waals surface area contributed by atoms with E-state index < -0.39 is 0 Å². The lowest BCUT2D eigenvalue weighted by molar-refractivity contribution is 0.415. The first kappa shape index (κ1) is 19.1. The van der Waals surface area contributed by atoms with Gasteiger partial charge in [-0.25, -0.2) is 9.97 Å². The second-order valence-corrected chi connectivity index (χ2v) is 7.20. The van der Waals surface area contributed by atoms with Crippen molar-refractivity contribution >= 4 is 40.3 Å². The molecule has 8 heteroatoms. The molecule has 1 aliphatic rings. The molecule has 2 aromatic carbocycles. The Bertz CT molecular complexity index is 973. The molecule has 0 saturated carbocycles. The first-order chi connectivity index (χ1) is 14.1. The lowest BCUT2D eigenvalue weighted by Gasteiger charge is -2.37. The summed E-state index contributed by atoms with van der Waals surface area (Å²) in [6.45, 7) is 3.36. The van der Waals surface area contributed by atoms with E-state index in [4.69, 9.17) is 22.1 Å². The molecule has 3 N–H and O–H groups in total. The first-order valence-corrected chi connectivity index (χ1v) is 9.79. The van der Waals surface area contributed by atoms with Gasteiger partial charge in [-0.1, -0.05) is 17.7 Å². The molecule has 3 aromatic rings. The Morgan fingerprint density at radius 1 is 1.00 bits per heavy atom. The van der Waals surface area contributed by atoms with E-state index in [9.17, 15) is 0 Å². The molecule has 1 aliphatic heterocycles. The lowest BCUT2D eigenvalue weighted by atomic mass is 10.2. The van der Waals surface area contributed by atoms with Gasteiger partial charge in [0.05, 0.1) is 7.11 Å². The third-order valence-electron chi connectivity index (χ3n) is 4.97. The summed E-state index contributed by atoms with van der Waals surface area (Å²) < 4.78 is 5.19. The summed E-state index contributed by atoms with van der Waals surface area (Å²) in [7, 11) is 1.64. The number of aromatic nitrogens is 2. The summed E-state index contributed by atoms with van der Waals surface area (Å²) in [6.07, 6.45) is 1.54. The maximum absolute atomic E-state index is 6.40. The van der Waals surface area contributed by atoms with E-state index in [1.807, 2.05) is 42.5 Å². The van der Waals surface area contributed by atoms with Gasteiger partial charge in [-0.15, -0.1) is 0 Å². The van der Waals surface area contributed by atoms with Crippen LogP contribution in [0.15, 0.2) is 54.9 Å². The SMILES string of the molecule is COc1ccc(Nc2ncnc(N3CCN(c4cccc(Cl)c4)CC3)c2N)cc1. The number of anilines is 5. The van der Waals surface area contributed by atoms with Gasteiger partial charge in [-0.05, 0) is 42.5 Å². The number of nitrogen functional groups attached to an aromatic ring is 1. The summed E-state index contributed by atoms with van der Waals surface area (Å²) in [5.74, 6) is 2.14. The average molecular weight is 411 g/mol. The highest BCUT2D eigenvalue weighted by Crippen LogP contribution is 2.30. The van der Waals surface area contributed by atoms with Crippen molar-refractivity contribution in [2.45, 2.75) is 0 Å². The van der Waals surface area contributed by atoms with Gasteiger partial charge in [-0.3, -0.25) is 0 Å². The van der Waals surface area contributed by atoms with Crippen LogP contribution in [0.3, 0.4) is 0 Å². The van der Waals surface area contributed by atoms with Crippen molar-refractivity contribution < 1.29 is 4.74 Å². The van der Waals surface area contributed by atoms with Crippen molar-refractivity contribution in [3.8, 4) is 5.75 Å². The van der Waals surface area contributed by atoms with Crippen LogP contribution in [0.5, 0.6) is 5.75 Å². The van der Waals surface area contributed by atoms with Gasteiger partial charge in [0.2, 0.25) is 0 Å². The smallest absolute Gasteiger partial charge is 0.159 e. The maximum Gasteiger partial charge on any atom is 0.159 e. The quantitative estimate of drug-likeness (QED) is 0.662. The number of nitrogens with zero attached hydrogens (tertiary/aromatic N) is 4. The number of rotatable bonds is 5. The summed E-state index contributed by atoms with van der Waals surface area (Å²) in [5, 5.41) is 4.01. The zero-order valence-electron chi connectivity index (χ0n) is 16.2. The summed E-state index contributed by atoms with van der Waals surface area (Å²) in [4.78, 5) is 13.3. The van der Waals surface area contributed by atoms with Gasteiger partial charge in [0.25, 0.3) is 0 Å². The normalized spacial score (nSPS) is 14.0. The molecule has 0 radical (unpaired) electrons. The van der Waals surface area contributed by atoms with Gasteiger partial charge < -0.3 is 25.6 Å². The molecule has 7 nitrogen and oxygen atoms in total. The van der Waals surface area contributed by atoms with Crippen LogP contribution in [0.1, 0.15) is 0 Å². The number of nitrogens with two attached hydrogens (primary N) is 1. The Labute approximate surface area is 175 Å². The van der Waals surface area contributed by atoms with E-state index in [0.29, 0.717) is 11.5 Å². The van der Waals surface area contributed by atoms with Crippen LogP contribution in [-0.2, 0) is 0 Å². The lowest BCUT2D eigenvalue weighted by Crippen LogP contribution is -2.47. The fourth-order valence-electron chi connectivity index (χ4n) is 3.40. The number of piperazine rings is 1. The van der Waals surface area contributed by atoms with Gasteiger partial charge in [0.15, 0.2) is 11.6 Å². The third-order valence-corrected chi connectivity index (χ3v) is 5.20. The molecule has 1 saturated heterocycles. The molecule has 29 heavy (non-hydrogen) atoms. The van der Waals surface area contributed by atoms with Crippen LogP contribution in [-0.4, -0.2) is 43.3 Å². The van der Waals surface area contributed by atoms with Crippen LogP contribution < -0.4 is 25.6 Å². The minimum absolute atomic E-state index is 0.541. The van der Waals surface area contributed by atoms with Crippen molar-refractivity contribution in [2.75, 3.05) is 54.1 Å². The van der Waals surface area contributed by atoms with Crippen molar-refractivity contribution in [2.24, 2.45) is 0 Å². The summed E-state index contributed by atoms with van der Waals surface area (Å²) >= 11 is 6.13. The standard InChI is InChI=1S/C21H23ClN6O/c1-29-18-7-5-16(6-8-18)26-20-19(23)21(25-14-24-20)28-11-9-27(10-12-28)17-4-2-3-15(22)13-17/h2-8,13-14H,9-12,23H2,1H3,(H,24,25,26). The highest BCUT2D eigenvalue weighted by atomic mass is 35.5. The van der Waals surface area contributed by atoms with Crippen molar-refractivity contribution in [3.05, 3.63) is 59.9 Å². The molecule has 4 rings (SSSR count). The molecule has 1 aromatic heterocycles. The van der Waals surface area contributed by atoms with Crippen LogP contribution in [0.25, 0.3) is 0 Å². The highest BCUT2D eigenvalue weighted by molar-refractivity contribution is 6.30. The van der Waals surface area contributed by atoms with Crippen LogP contribution in [0, 0.1) is 0 Å². The monoisotopic (exact) mass is 410 g/mol. The highest BCUT2D eigenvalue weighted by Gasteiger charge is 2.21. The Morgan fingerprint density at radius 2 is 1.72 bits per heavy atom. The summed E-state index contributed by atoms with van der Waals surface area (Å²) in [6, 6.07) is 15.5. The predicted octanol–water partition coefficient (Wildman–Crippen LogP) is 3.79. The average Bonchev–Trinajstić information content (AvgIpc) is 2.76. The number of methoxy groups -OCH3 is 1. The number of ether oxygens (including phenoxy) is 1. The molecule has 0 atom stereocenters. The first-order valence-electron chi connectivity index (χ1n) is 9.41. The van der Waals surface area contributed by atoms with E-state index in [0.717, 1.165) is 54.1 Å². The van der Waals surface area contributed by atoms with Gasteiger partial charge in [-0.2, -0.15) is 0 Å². The maximum atomic E-state index is 6.40. The van der Waals surface area contributed by atoms with E-state index in [2.05, 4.69) is 31.2 Å². The van der Waals surface area contributed by atoms with Gasteiger partial charge in [0, 0.05) is 42.6 Å². The topological polar surface area (TPSA) is 79.5 Å². The van der Waals surface area contributed by atoms with Gasteiger partial charge in [0.1, 0.15) is 17.8 Å². The molecule has 2 heterocycles. The molecule has 1 fully saturated rings. The van der Waals surface area contributed by atoms with Crippen molar-refractivity contribution in [1.29, 1.82) is 0 Å². The zero-order valence-corrected chi connectivity index (χ0v) is 16.9. The Balaban J connectivity index is 1.46. The number of hydrogen-bond acceptors (Lipinski definition) is 7. The van der Waals surface area contributed by atoms with E-state index in [1.54, 1.807) is 13.4 Å². The largest absolute Gasteiger partial charge is 0.497 e. The second kappa shape index (κ2) is 8.45. The minimum atomic E-state index is 0.541. The Kier molecular flexibility index (Phi) is 5.57. The second-order valence-electron chi connectivity index (χ2n) is 6.77. The summed E-state index contributed by atoms with van der Waals surface area (Å²) in [5.41, 5.74) is 8.96. The molecule has 0 aliphatic carbocycles. The number of hydrogen-bond donors (Lipinski definition) is 2. The molecule has 0 unspecified atom stereocenters. The molecule has 0 amide bonds. The fourth-order valence-corrected chi connectivity index (χ4v) is 3.58. The molecular formula is C21H23ClN6O. The predicted molar refractivity (Wildman–Crippen MR) is 119 cm³/mol. The molecule has 150 valence electrons. The van der Waals surface area contributed by atoms with Crippen molar-refractivity contribution in [3.63, 3.8) is 0 Å². The number of nitrogens with one attached hydrogen (secondary N) is 1. The van der Waals surface area contributed by atoms with Crippen LogP contribution in [0.2, 0.25) is 5.02 Å². The fraction of sp³-hybridized carbons (Fsp3) is 0.238. The van der Waals surface area contributed by atoms with E-state index in [-0.39, 0.29) is 0 Å². The Hall–Kier alpha value is -3.19. The number of halogens is 1. The Morgan fingerprint density at radius 3 is 2.41 bits per heavy atom. The van der Waals surface area contributed by atoms with E-state index >= 15 is 0 Å². The molecular weight excluding hydrogens is 388 g/mol. The number of benzene rings is 2. The van der Waals surface area contributed by atoms with Gasteiger partial charge >= 0.3 is 0 Å².